The third kappa shape index (κ3) is 3.87. The van der Waals surface area contributed by atoms with Gasteiger partial charge in [0.25, 0.3) is 5.91 Å². The quantitative estimate of drug-likeness (QED) is 0.785. The fourth-order valence-electron chi connectivity index (χ4n) is 1.86. The number of aromatic amines is 1. The molecule has 0 unspecified atom stereocenters. The molecule has 0 saturated carbocycles. The number of hydrogen-bond acceptors (Lipinski definition) is 4. The molecule has 19 heavy (non-hydrogen) atoms. The third-order valence-corrected chi connectivity index (χ3v) is 4.50. The predicted octanol–water partition coefficient (Wildman–Crippen LogP) is 1.35. The van der Waals surface area contributed by atoms with Gasteiger partial charge in [0.05, 0.1) is 0 Å². The zero-order valence-corrected chi connectivity index (χ0v) is 13.1. The molecule has 1 aromatic rings. The molecule has 0 bridgehead atoms. The van der Waals surface area contributed by atoms with Gasteiger partial charge in [-0.25, -0.2) is 0 Å². The molecule has 0 atom stereocenters. The van der Waals surface area contributed by atoms with Gasteiger partial charge in [-0.1, -0.05) is 0 Å². The fourth-order valence-corrected chi connectivity index (χ4v) is 2.08. The number of hydrogen-bond donors (Lipinski definition) is 3. The van der Waals surface area contributed by atoms with Crippen molar-refractivity contribution in [1.29, 1.82) is 0 Å². The van der Waals surface area contributed by atoms with Gasteiger partial charge in [-0.2, -0.15) is 16.9 Å². The van der Waals surface area contributed by atoms with E-state index in [1.165, 1.54) is 0 Å². The lowest BCUT2D eigenvalue weighted by Gasteiger charge is -2.22. The lowest BCUT2D eigenvalue weighted by Crippen LogP contribution is -2.37. The number of carbonyl (C=O) groups excluding carboxylic acids is 1. The minimum absolute atomic E-state index is 0. The predicted molar refractivity (Wildman–Crippen MR) is 81.2 cm³/mol. The summed E-state index contributed by atoms with van der Waals surface area (Å²) in [5, 5.41) is 13.3. The van der Waals surface area contributed by atoms with E-state index < -0.39 is 0 Å². The van der Waals surface area contributed by atoms with Crippen molar-refractivity contribution in [3.8, 4) is 0 Å². The van der Waals surface area contributed by atoms with Crippen molar-refractivity contribution >= 4 is 30.1 Å². The van der Waals surface area contributed by atoms with E-state index in [1.54, 1.807) is 11.8 Å². The van der Waals surface area contributed by atoms with Crippen molar-refractivity contribution in [2.24, 2.45) is 0 Å². The molecule has 1 aliphatic rings. The van der Waals surface area contributed by atoms with E-state index in [2.05, 4.69) is 34.7 Å². The van der Waals surface area contributed by atoms with Crippen LogP contribution in [0.3, 0.4) is 0 Å². The van der Waals surface area contributed by atoms with Crippen LogP contribution in [0.25, 0.3) is 0 Å². The molecule has 0 fully saturated rings. The number of carbonyl (C=O) groups is 1. The summed E-state index contributed by atoms with van der Waals surface area (Å²) < 4.78 is 0.0459. The van der Waals surface area contributed by atoms with E-state index in [-0.39, 0.29) is 23.1 Å². The number of rotatable bonds is 4. The second-order valence-corrected chi connectivity index (χ2v) is 6.62. The highest BCUT2D eigenvalue weighted by atomic mass is 35.5. The molecule has 5 nitrogen and oxygen atoms in total. The zero-order valence-electron chi connectivity index (χ0n) is 11.5. The smallest absolute Gasteiger partial charge is 0.272 e. The van der Waals surface area contributed by atoms with Gasteiger partial charge in [-0.15, -0.1) is 12.4 Å². The summed E-state index contributed by atoms with van der Waals surface area (Å²) in [6.07, 6.45) is 2.96. The van der Waals surface area contributed by atoms with Crippen LogP contribution in [0.15, 0.2) is 0 Å². The van der Waals surface area contributed by atoms with Crippen molar-refractivity contribution in [2.75, 3.05) is 19.3 Å². The van der Waals surface area contributed by atoms with Crippen LogP contribution in [-0.2, 0) is 13.0 Å². The van der Waals surface area contributed by atoms with E-state index in [1.807, 2.05) is 6.26 Å². The summed E-state index contributed by atoms with van der Waals surface area (Å²) in [5.41, 5.74) is 2.64. The van der Waals surface area contributed by atoms with Gasteiger partial charge < -0.3 is 10.6 Å². The molecule has 3 N–H and O–H groups in total. The summed E-state index contributed by atoms with van der Waals surface area (Å²) in [6.45, 7) is 6.53. The maximum Gasteiger partial charge on any atom is 0.272 e. The molecule has 1 amide bonds. The van der Waals surface area contributed by atoms with Gasteiger partial charge in [0.15, 0.2) is 5.69 Å². The standard InChI is InChI=1S/C12H20N4OS.ClH/c1-12(2,18-3)7-14-11(17)10-8-6-13-5-4-9(8)15-16-10;/h13H,4-7H2,1-3H3,(H,14,17)(H,15,16);1H. The molecule has 108 valence electrons. The van der Waals surface area contributed by atoms with Crippen molar-refractivity contribution in [2.45, 2.75) is 31.6 Å². The number of halogens is 1. The Balaban J connectivity index is 0.00000180. The van der Waals surface area contributed by atoms with Gasteiger partial charge in [-0.3, -0.25) is 9.89 Å². The molecule has 0 radical (unpaired) electrons. The van der Waals surface area contributed by atoms with Gasteiger partial charge in [0.2, 0.25) is 0 Å². The first-order valence-electron chi connectivity index (χ1n) is 6.14. The maximum absolute atomic E-state index is 12.1. The largest absolute Gasteiger partial charge is 0.349 e. The number of amides is 1. The summed E-state index contributed by atoms with van der Waals surface area (Å²) in [4.78, 5) is 12.1. The highest BCUT2D eigenvalue weighted by molar-refractivity contribution is 7.99. The number of fused-ring (bicyclic) bond motifs is 1. The highest BCUT2D eigenvalue weighted by Gasteiger charge is 2.23. The van der Waals surface area contributed by atoms with Crippen LogP contribution in [0.1, 0.15) is 35.6 Å². The summed E-state index contributed by atoms with van der Waals surface area (Å²) in [6, 6.07) is 0. The summed E-state index contributed by atoms with van der Waals surface area (Å²) in [7, 11) is 0. The normalized spacial score (nSPS) is 14.5. The van der Waals surface area contributed by atoms with Crippen LogP contribution in [-0.4, -0.2) is 40.2 Å². The van der Waals surface area contributed by atoms with Gasteiger partial charge in [-0.05, 0) is 20.1 Å². The Hall–Kier alpha value is -0.720. The number of thioether (sulfide) groups is 1. The van der Waals surface area contributed by atoms with Crippen molar-refractivity contribution in [3.63, 3.8) is 0 Å². The van der Waals surface area contributed by atoms with E-state index in [9.17, 15) is 4.79 Å². The van der Waals surface area contributed by atoms with Crippen molar-refractivity contribution in [1.82, 2.24) is 20.8 Å². The van der Waals surface area contributed by atoms with Crippen LogP contribution in [0.4, 0.5) is 0 Å². The minimum Gasteiger partial charge on any atom is -0.349 e. The minimum atomic E-state index is -0.0849. The molecule has 0 spiro atoms. The maximum atomic E-state index is 12.1. The molecular weight excluding hydrogens is 284 g/mol. The highest BCUT2D eigenvalue weighted by Crippen LogP contribution is 2.20. The first-order chi connectivity index (χ1) is 8.53. The van der Waals surface area contributed by atoms with Gasteiger partial charge in [0.1, 0.15) is 0 Å². The number of nitrogens with one attached hydrogen (secondary N) is 3. The zero-order chi connectivity index (χ0) is 13.2. The number of H-pyrrole nitrogens is 1. The second-order valence-electron chi connectivity index (χ2n) is 5.10. The molecular formula is C12H21ClN4OS. The van der Waals surface area contributed by atoms with Crippen molar-refractivity contribution in [3.05, 3.63) is 17.0 Å². The van der Waals surface area contributed by atoms with E-state index in [0.29, 0.717) is 12.2 Å². The van der Waals surface area contributed by atoms with Crippen LogP contribution in [0.2, 0.25) is 0 Å². The molecule has 1 aromatic heterocycles. The van der Waals surface area contributed by atoms with Gasteiger partial charge in [0, 0.05) is 42.1 Å². The SMILES string of the molecule is CSC(C)(C)CNC(=O)c1n[nH]c2c1CNCC2.Cl. The monoisotopic (exact) mass is 304 g/mol. The Kier molecular flexibility index (Phi) is 5.70. The molecule has 1 aliphatic heterocycles. The molecule has 0 aromatic carbocycles. The van der Waals surface area contributed by atoms with E-state index in [0.717, 1.165) is 30.8 Å². The Morgan fingerprint density at radius 1 is 1.53 bits per heavy atom. The summed E-state index contributed by atoms with van der Waals surface area (Å²) in [5.74, 6) is -0.0849. The lowest BCUT2D eigenvalue weighted by molar-refractivity contribution is 0.0944. The van der Waals surface area contributed by atoms with Crippen LogP contribution >= 0.6 is 24.2 Å². The lowest BCUT2D eigenvalue weighted by atomic mass is 10.1. The molecule has 2 heterocycles. The first-order valence-corrected chi connectivity index (χ1v) is 7.36. The number of nitrogens with zero attached hydrogens (tertiary/aromatic N) is 1. The van der Waals surface area contributed by atoms with Crippen LogP contribution in [0, 0.1) is 0 Å². The Morgan fingerprint density at radius 2 is 2.26 bits per heavy atom. The first kappa shape index (κ1) is 16.3. The molecule has 7 heteroatoms. The Labute approximate surface area is 124 Å². The average Bonchev–Trinajstić information content (AvgIpc) is 2.80. The van der Waals surface area contributed by atoms with Crippen LogP contribution < -0.4 is 10.6 Å². The topological polar surface area (TPSA) is 69.8 Å². The van der Waals surface area contributed by atoms with Gasteiger partial charge >= 0.3 is 0 Å². The number of aromatic nitrogens is 2. The van der Waals surface area contributed by atoms with Crippen molar-refractivity contribution < 1.29 is 4.79 Å². The molecule has 2 rings (SSSR count). The van der Waals surface area contributed by atoms with E-state index >= 15 is 0 Å². The second kappa shape index (κ2) is 6.63. The Morgan fingerprint density at radius 3 is 2.95 bits per heavy atom. The Bertz CT molecular complexity index is 447. The van der Waals surface area contributed by atoms with Crippen LogP contribution in [0.5, 0.6) is 0 Å². The van der Waals surface area contributed by atoms with E-state index in [4.69, 9.17) is 0 Å². The fraction of sp³-hybridized carbons (Fsp3) is 0.667. The molecule has 0 aliphatic carbocycles. The third-order valence-electron chi connectivity index (χ3n) is 3.25. The average molecular weight is 305 g/mol. The summed E-state index contributed by atoms with van der Waals surface area (Å²) >= 11 is 1.74. The molecule has 0 saturated heterocycles.